The minimum absolute atomic E-state index is 0.144. The highest BCUT2D eigenvalue weighted by Crippen LogP contribution is 2.23. The first-order valence-electron chi connectivity index (χ1n) is 6.96. The normalized spacial score (nSPS) is 12.6. The van der Waals surface area contributed by atoms with Crippen LogP contribution in [0.4, 0.5) is 0 Å². The van der Waals surface area contributed by atoms with E-state index < -0.39 is 0 Å². The highest BCUT2D eigenvalue weighted by molar-refractivity contribution is 5.22. The van der Waals surface area contributed by atoms with E-state index in [4.69, 9.17) is 4.74 Å². The number of hydrogen-bond acceptors (Lipinski definition) is 1. The molecule has 1 heteroatoms. The Balaban J connectivity index is 2.10. The van der Waals surface area contributed by atoms with Crippen molar-refractivity contribution in [2.45, 2.75) is 26.4 Å². The number of ether oxygens (including phenoxy) is 1. The summed E-state index contributed by atoms with van der Waals surface area (Å²) in [7, 11) is 0. The molecule has 0 N–H and O–H groups in total. The fourth-order valence-corrected chi connectivity index (χ4v) is 2.08. The van der Waals surface area contributed by atoms with Gasteiger partial charge in [0.2, 0.25) is 0 Å². The lowest BCUT2D eigenvalue weighted by Crippen LogP contribution is -2.11. The van der Waals surface area contributed by atoms with Crippen LogP contribution in [0, 0.1) is 5.92 Å². The van der Waals surface area contributed by atoms with Gasteiger partial charge in [0.05, 0.1) is 6.10 Å². The molecule has 0 aliphatic carbocycles. The lowest BCUT2D eigenvalue weighted by Gasteiger charge is -2.20. The molecule has 1 nitrogen and oxygen atoms in total. The van der Waals surface area contributed by atoms with E-state index in [-0.39, 0.29) is 6.10 Å². The van der Waals surface area contributed by atoms with E-state index in [1.165, 1.54) is 11.1 Å². The zero-order valence-electron chi connectivity index (χ0n) is 11.8. The van der Waals surface area contributed by atoms with Gasteiger partial charge in [-0.1, -0.05) is 74.5 Å². The fourth-order valence-electron chi connectivity index (χ4n) is 2.08. The van der Waals surface area contributed by atoms with Crippen molar-refractivity contribution < 1.29 is 4.74 Å². The standard InChI is InChI=1S/C18H22O/c1-15(2)14-19-18(17-11-7-4-8-12-17)13-16-9-5-3-6-10-16/h3-12,15,18H,13-14H2,1-2H3. The SMILES string of the molecule is CC(C)COC(Cc1ccccc1)c1ccccc1. The minimum Gasteiger partial charge on any atom is -0.373 e. The molecule has 1 unspecified atom stereocenters. The molecule has 0 aromatic heterocycles. The second-order valence-corrected chi connectivity index (χ2v) is 5.32. The third-order valence-electron chi connectivity index (χ3n) is 3.07. The maximum Gasteiger partial charge on any atom is 0.0865 e. The molecule has 0 radical (unpaired) electrons. The molecule has 2 rings (SSSR count). The molecule has 0 bridgehead atoms. The van der Waals surface area contributed by atoms with Gasteiger partial charge in [0, 0.05) is 13.0 Å². The van der Waals surface area contributed by atoms with Gasteiger partial charge in [0.1, 0.15) is 0 Å². The molecule has 1 atom stereocenters. The minimum atomic E-state index is 0.144. The summed E-state index contributed by atoms with van der Waals surface area (Å²) in [5.41, 5.74) is 2.58. The highest BCUT2D eigenvalue weighted by atomic mass is 16.5. The van der Waals surface area contributed by atoms with E-state index in [0.717, 1.165) is 13.0 Å². The van der Waals surface area contributed by atoms with Crippen LogP contribution in [0.1, 0.15) is 31.1 Å². The molecule has 0 saturated carbocycles. The molecule has 19 heavy (non-hydrogen) atoms. The molecule has 0 aliphatic heterocycles. The first kappa shape index (κ1) is 13.8. The molecule has 2 aromatic rings. The summed E-state index contributed by atoms with van der Waals surface area (Å²) in [6.07, 6.45) is 1.07. The van der Waals surface area contributed by atoms with Gasteiger partial charge in [-0.3, -0.25) is 0 Å². The average molecular weight is 254 g/mol. The average Bonchev–Trinajstić information content (AvgIpc) is 2.45. The predicted molar refractivity (Wildman–Crippen MR) is 80.1 cm³/mol. The Morgan fingerprint density at radius 2 is 1.42 bits per heavy atom. The molecule has 0 amide bonds. The topological polar surface area (TPSA) is 9.23 Å². The molecule has 2 aromatic carbocycles. The summed E-state index contributed by atoms with van der Waals surface area (Å²) in [5, 5.41) is 0. The van der Waals surface area contributed by atoms with Crippen molar-refractivity contribution in [2.24, 2.45) is 5.92 Å². The molecule has 100 valence electrons. The Labute approximate surface area is 116 Å². The van der Waals surface area contributed by atoms with Crippen LogP contribution in [-0.2, 0) is 11.2 Å². The maximum atomic E-state index is 6.09. The summed E-state index contributed by atoms with van der Waals surface area (Å²) in [6.45, 7) is 5.17. The first-order chi connectivity index (χ1) is 9.25. The van der Waals surface area contributed by atoms with Gasteiger partial charge in [-0.15, -0.1) is 0 Å². The van der Waals surface area contributed by atoms with E-state index >= 15 is 0 Å². The summed E-state index contributed by atoms with van der Waals surface area (Å²) in [6, 6.07) is 21.0. The van der Waals surface area contributed by atoms with Gasteiger partial charge < -0.3 is 4.74 Å². The van der Waals surface area contributed by atoms with Gasteiger partial charge in [-0.05, 0) is 17.0 Å². The Kier molecular flexibility index (Phi) is 5.17. The van der Waals surface area contributed by atoms with Crippen LogP contribution in [0.25, 0.3) is 0 Å². The lowest BCUT2D eigenvalue weighted by atomic mass is 10.0. The highest BCUT2D eigenvalue weighted by Gasteiger charge is 2.13. The quantitative estimate of drug-likeness (QED) is 0.729. The van der Waals surface area contributed by atoms with Crippen LogP contribution < -0.4 is 0 Å². The van der Waals surface area contributed by atoms with Crippen molar-refractivity contribution in [3.63, 3.8) is 0 Å². The van der Waals surface area contributed by atoms with Crippen molar-refractivity contribution >= 4 is 0 Å². The maximum absolute atomic E-state index is 6.09. The second-order valence-electron chi connectivity index (χ2n) is 5.32. The first-order valence-corrected chi connectivity index (χ1v) is 6.96. The largest absolute Gasteiger partial charge is 0.373 e. The molecule has 0 aliphatic rings. The van der Waals surface area contributed by atoms with E-state index in [2.05, 4.69) is 68.4 Å². The lowest BCUT2D eigenvalue weighted by molar-refractivity contribution is 0.0352. The molecule has 0 saturated heterocycles. The van der Waals surface area contributed by atoms with Gasteiger partial charge in [-0.25, -0.2) is 0 Å². The molecular weight excluding hydrogens is 232 g/mol. The zero-order chi connectivity index (χ0) is 13.5. The Hall–Kier alpha value is -1.60. The smallest absolute Gasteiger partial charge is 0.0865 e. The third-order valence-corrected chi connectivity index (χ3v) is 3.07. The van der Waals surface area contributed by atoms with Crippen LogP contribution in [0.2, 0.25) is 0 Å². The molecule has 0 heterocycles. The summed E-state index contributed by atoms with van der Waals surface area (Å²) in [5.74, 6) is 0.557. The van der Waals surface area contributed by atoms with Crippen LogP contribution >= 0.6 is 0 Å². The summed E-state index contributed by atoms with van der Waals surface area (Å²) >= 11 is 0. The number of hydrogen-bond donors (Lipinski definition) is 0. The van der Waals surface area contributed by atoms with Gasteiger partial charge in [0.15, 0.2) is 0 Å². The summed E-state index contributed by atoms with van der Waals surface area (Å²) in [4.78, 5) is 0. The number of rotatable bonds is 6. The Morgan fingerprint density at radius 1 is 0.842 bits per heavy atom. The van der Waals surface area contributed by atoms with Crippen molar-refractivity contribution in [2.75, 3.05) is 6.61 Å². The molecule has 0 spiro atoms. The van der Waals surface area contributed by atoms with E-state index in [1.807, 2.05) is 6.07 Å². The van der Waals surface area contributed by atoms with Crippen molar-refractivity contribution in [3.8, 4) is 0 Å². The van der Waals surface area contributed by atoms with Crippen LogP contribution in [0.3, 0.4) is 0 Å². The third kappa shape index (κ3) is 4.53. The second kappa shape index (κ2) is 7.10. The fraction of sp³-hybridized carbons (Fsp3) is 0.333. The van der Waals surface area contributed by atoms with E-state index in [1.54, 1.807) is 0 Å². The zero-order valence-corrected chi connectivity index (χ0v) is 11.8. The molecule has 0 fully saturated rings. The van der Waals surface area contributed by atoms with E-state index in [0.29, 0.717) is 5.92 Å². The number of benzene rings is 2. The Bertz CT molecular complexity index is 462. The monoisotopic (exact) mass is 254 g/mol. The van der Waals surface area contributed by atoms with Gasteiger partial charge >= 0.3 is 0 Å². The van der Waals surface area contributed by atoms with Gasteiger partial charge in [-0.2, -0.15) is 0 Å². The predicted octanol–water partition coefficient (Wildman–Crippen LogP) is 4.64. The van der Waals surface area contributed by atoms with Crippen molar-refractivity contribution in [3.05, 3.63) is 71.8 Å². The van der Waals surface area contributed by atoms with E-state index in [9.17, 15) is 0 Å². The van der Waals surface area contributed by atoms with Crippen LogP contribution in [-0.4, -0.2) is 6.61 Å². The summed E-state index contributed by atoms with van der Waals surface area (Å²) < 4.78 is 6.09. The Morgan fingerprint density at radius 3 is 2.00 bits per heavy atom. The van der Waals surface area contributed by atoms with Crippen LogP contribution in [0.5, 0.6) is 0 Å². The van der Waals surface area contributed by atoms with Crippen molar-refractivity contribution in [1.82, 2.24) is 0 Å². The van der Waals surface area contributed by atoms with Crippen molar-refractivity contribution in [1.29, 1.82) is 0 Å². The van der Waals surface area contributed by atoms with Crippen LogP contribution in [0.15, 0.2) is 60.7 Å². The molecular formula is C18H22O. The van der Waals surface area contributed by atoms with Gasteiger partial charge in [0.25, 0.3) is 0 Å².